The van der Waals surface area contributed by atoms with Crippen molar-refractivity contribution < 1.29 is 0 Å². The molecule has 158 valence electrons. The molecule has 0 radical (unpaired) electrons. The highest BCUT2D eigenvalue weighted by atomic mass is 14.8. The Morgan fingerprint density at radius 1 is 0.531 bits per heavy atom. The second-order valence-corrected chi connectivity index (χ2v) is 9.03. The Morgan fingerprint density at radius 2 is 1.06 bits per heavy atom. The number of aromatic nitrogens is 3. The summed E-state index contributed by atoms with van der Waals surface area (Å²) in [4.78, 5) is 11.1. The van der Waals surface area contributed by atoms with Crippen LogP contribution in [0.4, 0.5) is 0 Å². The average Bonchev–Trinajstić information content (AvgIpc) is 3.42. The van der Waals surface area contributed by atoms with Crippen LogP contribution in [0.1, 0.15) is 45.3 Å². The third-order valence-corrected chi connectivity index (χ3v) is 7.25. The van der Waals surface area contributed by atoms with Gasteiger partial charge in [-0.3, -0.25) is 0 Å². The lowest BCUT2D eigenvalue weighted by Crippen LogP contribution is -2.07. The number of fused-ring (bicyclic) bond motifs is 3. The summed E-state index contributed by atoms with van der Waals surface area (Å²) < 4.78 is 0. The summed E-state index contributed by atoms with van der Waals surface area (Å²) in [5, 5.41) is 3.87. The molecule has 0 aliphatic heterocycles. The van der Waals surface area contributed by atoms with E-state index in [-0.39, 0.29) is 5.92 Å². The smallest absolute Gasteiger partial charge is 0.0647 e. The topological polar surface area (TPSA) is 47.4 Å². The van der Waals surface area contributed by atoms with Crippen LogP contribution >= 0.6 is 0 Å². The van der Waals surface area contributed by atoms with Crippen molar-refractivity contribution in [3.63, 3.8) is 0 Å². The van der Waals surface area contributed by atoms with Crippen LogP contribution in [-0.4, -0.2) is 15.0 Å². The van der Waals surface area contributed by atoms with Crippen molar-refractivity contribution in [3.05, 3.63) is 106 Å². The lowest BCUT2D eigenvalue weighted by molar-refractivity contribution is 0.888. The van der Waals surface area contributed by atoms with Crippen LogP contribution in [0.25, 0.3) is 32.7 Å². The van der Waals surface area contributed by atoms with E-state index >= 15 is 0 Å². The second-order valence-electron chi connectivity index (χ2n) is 9.03. The van der Waals surface area contributed by atoms with E-state index in [0.29, 0.717) is 0 Å². The highest BCUT2D eigenvalue weighted by Gasteiger charge is 2.26. The Hall–Kier alpha value is -3.72. The first-order valence-electron chi connectivity index (χ1n) is 11.3. The number of nitrogens with one attached hydrogen (secondary N) is 3. The van der Waals surface area contributed by atoms with Gasteiger partial charge in [0.15, 0.2) is 0 Å². The number of H-pyrrole nitrogens is 3. The van der Waals surface area contributed by atoms with Crippen molar-refractivity contribution >= 4 is 32.7 Å². The van der Waals surface area contributed by atoms with Gasteiger partial charge in [-0.15, -0.1) is 0 Å². The van der Waals surface area contributed by atoms with Crippen LogP contribution in [0.5, 0.6) is 0 Å². The molecule has 3 aromatic heterocycles. The van der Waals surface area contributed by atoms with E-state index < -0.39 is 0 Å². The quantitative estimate of drug-likeness (QED) is 0.266. The second kappa shape index (κ2) is 6.89. The number of aryl methyl sites for hydroxylation is 4. The standard InChI is InChI=1S/C29H27N3/c1-16-19(4)30-26-14-13-20(15-23(16)26)27(28-17(2)21-9-5-7-11-24(21)31-28)29-18(3)22-10-6-8-12-25(22)32-29/h5-15,27,30-32H,1-4H3. The number of rotatable bonds is 3. The summed E-state index contributed by atoms with van der Waals surface area (Å²) in [7, 11) is 0. The third kappa shape index (κ3) is 2.67. The zero-order valence-electron chi connectivity index (χ0n) is 18.9. The molecule has 3 nitrogen and oxygen atoms in total. The maximum absolute atomic E-state index is 3.77. The summed E-state index contributed by atoms with van der Waals surface area (Å²) in [6.07, 6.45) is 0. The molecule has 0 saturated heterocycles. The van der Waals surface area contributed by atoms with E-state index in [1.54, 1.807) is 0 Å². The normalized spacial score (nSPS) is 12.0. The molecular formula is C29H27N3. The van der Waals surface area contributed by atoms with Gasteiger partial charge in [0.05, 0.1) is 5.92 Å². The van der Waals surface area contributed by atoms with E-state index in [9.17, 15) is 0 Å². The van der Waals surface area contributed by atoms with Gasteiger partial charge >= 0.3 is 0 Å². The van der Waals surface area contributed by atoms with E-state index in [2.05, 4.69) is 109 Å². The monoisotopic (exact) mass is 417 g/mol. The Labute approximate surface area is 187 Å². The van der Waals surface area contributed by atoms with Crippen LogP contribution in [0.15, 0.2) is 66.7 Å². The molecule has 0 atom stereocenters. The highest BCUT2D eigenvalue weighted by Crippen LogP contribution is 2.40. The number of para-hydroxylation sites is 2. The van der Waals surface area contributed by atoms with Crippen molar-refractivity contribution in [2.45, 2.75) is 33.6 Å². The van der Waals surface area contributed by atoms with Crippen molar-refractivity contribution in [2.75, 3.05) is 0 Å². The predicted octanol–water partition coefficient (Wildman–Crippen LogP) is 7.54. The summed E-state index contributed by atoms with van der Waals surface area (Å²) in [6, 6.07) is 24.1. The first kappa shape index (κ1) is 19.0. The summed E-state index contributed by atoms with van der Waals surface area (Å²) in [5.74, 6) is 0.0915. The Bertz CT molecular complexity index is 1540. The number of hydrogen-bond acceptors (Lipinski definition) is 0. The van der Waals surface area contributed by atoms with Gasteiger partial charge in [0.2, 0.25) is 0 Å². The minimum Gasteiger partial charge on any atom is -0.358 e. The molecule has 0 aliphatic rings. The van der Waals surface area contributed by atoms with E-state index in [1.807, 2.05) is 0 Å². The number of benzene rings is 3. The highest BCUT2D eigenvalue weighted by molar-refractivity contribution is 5.89. The average molecular weight is 418 g/mol. The zero-order chi connectivity index (χ0) is 22.0. The first-order valence-corrected chi connectivity index (χ1v) is 11.3. The Morgan fingerprint density at radius 3 is 1.62 bits per heavy atom. The fraction of sp³-hybridized carbons (Fsp3) is 0.172. The van der Waals surface area contributed by atoms with Crippen LogP contribution in [0.2, 0.25) is 0 Å². The first-order chi connectivity index (χ1) is 15.5. The molecule has 6 rings (SSSR count). The van der Waals surface area contributed by atoms with Crippen molar-refractivity contribution in [3.8, 4) is 0 Å². The maximum atomic E-state index is 3.77. The molecule has 0 amide bonds. The molecule has 6 aromatic rings. The van der Waals surface area contributed by atoms with E-state index in [0.717, 1.165) is 0 Å². The molecule has 0 aliphatic carbocycles. The molecular weight excluding hydrogens is 390 g/mol. The fourth-order valence-corrected chi connectivity index (χ4v) is 5.32. The molecule has 3 N–H and O–H groups in total. The predicted molar refractivity (Wildman–Crippen MR) is 135 cm³/mol. The molecule has 3 aromatic carbocycles. The molecule has 3 heteroatoms. The molecule has 0 fully saturated rings. The Balaban J connectivity index is 1.67. The molecule has 0 bridgehead atoms. The molecule has 0 saturated carbocycles. The third-order valence-electron chi connectivity index (χ3n) is 7.25. The summed E-state index contributed by atoms with van der Waals surface area (Å²) >= 11 is 0. The van der Waals surface area contributed by atoms with Crippen LogP contribution in [0, 0.1) is 27.7 Å². The van der Waals surface area contributed by atoms with Crippen LogP contribution < -0.4 is 0 Å². The zero-order valence-corrected chi connectivity index (χ0v) is 18.9. The molecule has 3 heterocycles. The van der Waals surface area contributed by atoms with Crippen molar-refractivity contribution in [1.29, 1.82) is 0 Å². The summed E-state index contributed by atoms with van der Waals surface area (Å²) in [5.41, 5.74) is 12.6. The number of aromatic amines is 3. The van der Waals surface area contributed by atoms with Gasteiger partial charge in [0, 0.05) is 49.8 Å². The van der Waals surface area contributed by atoms with Crippen LogP contribution in [-0.2, 0) is 0 Å². The fourth-order valence-electron chi connectivity index (χ4n) is 5.32. The van der Waals surface area contributed by atoms with E-state index in [4.69, 9.17) is 0 Å². The molecule has 0 spiro atoms. The molecule has 0 unspecified atom stereocenters. The summed E-state index contributed by atoms with van der Waals surface area (Å²) in [6.45, 7) is 8.83. The Kier molecular flexibility index (Phi) is 4.09. The van der Waals surface area contributed by atoms with Crippen molar-refractivity contribution in [1.82, 2.24) is 15.0 Å². The molecule has 32 heavy (non-hydrogen) atoms. The van der Waals surface area contributed by atoms with Gasteiger partial charge in [0.1, 0.15) is 0 Å². The van der Waals surface area contributed by atoms with Gasteiger partial charge in [-0.1, -0.05) is 42.5 Å². The number of hydrogen-bond donors (Lipinski definition) is 3. The van der Waals surface area contributed by atoms with E-state index in [1.165, 1.54) is 72.0 Å². The van der Waals surface area contributed by atoms with Gasteiger partial charge in [-0.25, -0.2) is 0 Å². The minimum atomic E-state index is 0.0915. The largest absolute Gasteiger partial charge is 0.358 e. The van der Waals surface area contributed by atoms with Gasteiger partial charge < -0.3 is 15.0 Å². The minimum absolute atomic E-state index is 0.0915. The van der Waals surface area contributed by atoms with Gasteiger partial charge in [-0.2, -0.15) is 0 Å². The van der Waals surface area contributed by atoms with Crippen molar-refractivity contribution in [2.24, 2.45) is 0 Å². The van der Waals surface area contributed by atoms with Gasteiger partial charge in [0.25, 0.3) is 0 Å². The van der Waals surface area contributed by atoms with Crippen LogP contribution in [0.3, 0.4) is 0 Å². The lowest BCUT2D eigenvalue weighted by atomic mass is 9.87. The maximum Gasteiger partial charge on any atom is 0.0647 e. The van der Waals surface area contributed by atoms with Gasteiger partial charge in [-0.05, 0) is 74.2 Å². The lowest BCUT2D eigenvalue weighted by Gasteiger charge is -2.19. The SMILES string of the molecule is Cc1[nH]c2ccc(C(c3[nH]c4ccccc4c3C)c3[nH]c4ccccc4c3C)cc2c1C.